The van der Waals surface area contributed by atoms with Crippen molar-refractivity contribution in [1.29, 1.82) is 0 Å². The zero-order valence-corrected chi connectivity index (χ0v) is 13.0. The molecule has 1 amide bonds. The van der Waals surface area contributed by atoms with Crippen molar-refractivity contribution in [1.82, 2.24) is 4.90 Å². The molecule has 20 heavy (non-hydrogen) atoms. The zero-order chi connectivity index (χ0) is 14.6. The number of rotatable bonds is 6. The molecule has 6 heteroatoms. The molecule has 0 bridgehead atoms. The molecule has 0 aromatic heterocycles. The quantitative estimate of drug-likeness (QED) is 0.692. The van der Waals surface area contributed by atoms with Gasteiger partial charge in [-0.05, 0) is 25.2 Å². The number of hydrogen-bond acceptors (Lipinski definition) is 5. The number of nitrogens with zero attached hydrogens (tertiary/aromatic N) is 1. The standard InChI is InChI=1S/C14H23NO4S/c1-11(13(17)15-5-7-19-8-6-15)20-10-14(3-4-14)9-12(16)18-2/h11H,3-10H2,1-2H3. The Bertz CT molecular complexity index is 364. The second-order valence-corrected chi connectivity index (χ2v) is 6.97. The number of ether oxygens (including phenoxy) is 2. The maximum Gasteiger partial charge on any atom is 0.306 e. The Morgan fingerprint density at radius 1 is 1.35 bits per heavy atom. The molecule has 2 fully saturated rings. The van der Waals surface area contributed by atoms with Crippen molar-refractivity contribution in [3.63, 3.8) is 0 Å². The normalized spacial score (nSPS) is 22.2. The molecule has 0 aromatic carbocycles. The summed E-state index contributed by atoms with van der Waals surface area (Å²) in [6.07, 6.45) is 2.61. The number of esters is 1. The first-order valence-corrected chi connectivity index (χ1v) is 8.16. The minimum atomic E-state index is -0.143. The lowest BCUT2D eigenvalue weighted by atomic mass is 10.1. The molecule has 2 rings (SSSR count). The summed E-state index contributed by atoms with van der Waals surface area (Å²) in [6, 6.07) is 0. The van der Waals surface area contributed by atoms with Gasteiger partial charge in [0.05, 0.1) is 32.0 Å². The van der Waals surface area contributed by atoms with Crippen LogP contribution in [0.5, 0.6) is 0 Å². The summed E-state index contributed by atoms with van der Waals surface area (Å²) in [5.41, 5.74) is 0.0807. The number of carbonyl (C=O) groups excluding carboxylic acids is 2. The smallest absolute Gasteiger partial charge is 0.306 e. The lowest BCUT2D eigenvalue weighted by Crippen LogP contribution is -2.44. The number of thioether (sulfide) groups is 1. The van der Waals surface area contributed by atoms with E-state index in [0.29, 0.717) is 32.7 Å². The molecule has 1 aliphatic carbocycles. The predicted octanol–water partition coefficient (Wildman–Crippen LogP) is 1.31. The van der Waals surface area contributed by atoms with E-state index in [-0.39, 0.29) is 22.5 Å². The molecule has 1 unspecified atom stereocenters. The molecule has 1 atom stereocenters. The highest BCUT2D eigenvalue weighted by Gasteiger charge is 2.45. The second-order valence-electron chi connectivity index (χ2n) is 5.64. The summed E-state index contributed by atoms with van der Waals surface area (Å²) < 4.78 is 10.00. The molecule has 1 heterocycles. The van der Waals surface area contributed by atoms with Crippen LogP contribution in [-0.2, 0) is 19.1 Å². The van der Waals surface area contributed by atoms with Crippen molar-refractivity contribution < 1.29 is 19.1 Å². The second kappa shape index (κ2) is 6.80. The maximum absolute atomic E-state index is 12.3. The number of methoxy groups -OCH3 is 1. The Labute approximate surface area is 124 Å². The fourth-order valence-corrected chi connectivity index (χ4v) is 3.63. The average Bonchev–Trinajstić information content (AvgIpc) is 3.24. The van der Waals surface area contributed by atoms with Crippen LogP contribution in [0, 0.1) is 5.41 Å². The van der Waals surface area contributed by atoms with E-state index in [9.17, 15) is 9.59 Å². The van der Waals surface area contributed by atoms with E-state index in [1.807, 2.05) is 11.8 Å². The van der Waals surface area contributed by atoms with Gasteiger partial charge in [-0.25, -0.2) is 0 Å². The highest BCUT2D eigenvalue weighted by Crippen LogP contribution is 2.51. The first-order chi connectivity index (χ1) is 9.56. The highest BCUT2D eigenvalue weighted by atomic mass is 32.2. The van der Waals surface area contributed by atoms with Crippen LogP contribution in [0.25, 0.3) is 0 Å². The monoisotopic (exact) mass is 301 g/mol. The number of carbonyl (C=O) groups is 2. The van der Waals surface area contributed by atoms with Crippen molar-refractivity contribution >= 4 is 23.6 Å². The molecule has 1 aliphatic heterocycles. The predicted molar refractivity (Wildman–Crippen MR) is 77.6 cm³/mol. The van der Waals surface area contributed by atoms with Crippen molar-refractivity contribution in [2.24, 2.45) is 5.41 Å². The first kappa shape index (κ1) is 15.6. The van der Waals surface area contributed by atoms with Gasteiger partial charge in [0.25, 0.3) is 0 Å². The van der Waals surface area contributed by atoms with Gasteiger partial charge in [0, 0.05) is 18.8 Å². The summed E-state index contributed by atoms with van der Waals surface area (Å²) in [5, 5.41) is -0.0526. The summed E-state index contributed by atoms with van der Waals surface area (Å²) in [6.45, 7) is 4.61. The molecule has 1 saturated carbocycles. The Morgan fingerprint density at radius 2 is 2.00 bits per heavy atom. The van der Waals surface area contributed by atoms with Gasteiger partial charge in [0.15, 0.2) is 0 Å². The Balaban J connectivity index is 1.75. The van der Waals surface area contributed by atoms with E-state index >= 15 is 0 Å². The summed E-state index contributed by atoms with van der Waals surface area (Å²) in [5.74, 6) is 0.904. The Hall–Kier alpha value is -0.750. The van der Waals surface area contributed by atoms with E-state index in [4.69, 9.17) is 9.47 Å². The molecule has 2 aliphatic rings. The van der Waals surface area contributed by atoms with E-state index in [2.05, 4.69) is 0 Å². The molecule has 0 aromatic rings. The van der Waals surface area contributed by atoms with E-state index < -0.39 is 0 Å². The third-order valence-electron chi connectivity index (χ3n) is 4.01. The van der Waals surface area contributed by atoms with Gasteiger partial charge in [-0.2, -0.15) is 0 Å². The zero-order valence-electron chi connectivity index (χ0n) is 12.2. The third kappa shape index (κ3) is 4.12. The van der Waals surface area contributed by atoms with Crippen LogP contribution in [0.3, 0.4) is 0 Å². The van der Waals surface area contributed by atoms with Crippen molar-refractivity contribution in [2.75, 3.05) is 39.2 Å². The fourth-order valence-electron chi connectivity index (χ4n) is 2.34. The molecular weight excluding hydrogens is 278 g/mol. The van der Waals surface area contributed by atoms with Gasteiger partial charge >= 0.3 is 5.97 Å². The molecule has 0 radical (unpaired) electrons. The van der Waals surface area contributed by atoms with Crippen molar-refractivity contribution in [2.45, 2.75) is 31.4 Å². The summed E-state index contributed by atoms with van der Waals surface area (Å²) in [7, 11) is 1.43. The molecule has 114 valence electrons. The SMILES string of the molecule is COC(=O)CC1(CSC(C)C(=O)N2CCOCC2)CC1. The van der Waals surface area contributed by atoms with E-state index in [0.717, 1.165) is 18.6 Å². The molecule has 1 saturated heterocycles. The van der Waals surface area contributed by atoms with Gasteiger partial charge in [-0.3, -0.25) is 9.59 Å². The number of amides is 1. The molecule has 0 N–H and O–H groups in total. The van der Waals surface area contributed by atoms with E-state index in [1.165, 1.54) is 7.11 Å². The van der Waals surface area contributed by atoms with Gasteiger partial charge in [0.2, 0.25) is 5.91 Å². The Kier molecular flexibility index (Phi) is 5.32. The third-order valence-corrected chi connectivity index (χ3v) is 5.49. The minimum Gasteiger partial charge on any atom is -0.469 e. The first-order valence-electron chi connectivity index (χ1n) is 7.11. The summed E-state index contributed by atoms with van der Waals surface area (Å²) >= 11 is 1.66. The largest absolute Gasteiger partial charge is 0.469 e. The van der Waals surface area contributed by atoms with Gasteiger partial charge in [-0.1, -0.05) is 0 Å². The fraction of sp³-hybridized carbons (Fsp3) is 0.857. The van der Waals surface area contributed by atoms with Crippen molar-refractivity contribution in [3.8, 4) is 0 Å². The van der Waals surface area contributed by atoms with Crippen LogP contribution >= 0.6 is 11.8 Å². The maximum atomic E-state index is 12.3. The average molecular weight is 301 g/mol. The molecule has 0 spiro atoms. The van der Waals surface area contributed by atoms with Crippen LogP contribution in [0.4, 0.5) is 0 Å². The highest BCUT2D eigenvalue weighted by molar-refractivity contribution is 8.00. The minimum absolute atomic E-state index is 0.0526. The van der Waals surface area contributed by atoms with Crippen molar-refractivity contribution in [3.05, 3.63) is 0 Å². The number of morpholine rings is 1. The summed E-state index contributed by atoms with van der Waals surface area (Å²) in [4.78, 5) is 25.5. The van der Waals surface area contributed by atoms with E-state index in [1.54, 1.807) is 11.8 Å². The van der Waals surface area contributed by atoms with Crippen LogP contribution < -0.4 is 0 Å². The molecular formula is C14H23NO4S. The molecule has 5 nitrogen and oxygen atoms in total. The number of hydrogen-bond donors (Lipinski definition) is 0. The lowest BCUT2D eigenvalue weighted by molar-refractivity contribution is -0.141. The van der Waals surface area contributed by atoms with Gasteiger partial charge < -0.3 is 14.4 Å². The van der Waals surface area contributed by atoms with Gasteiger partial charge in [0.1, 0.15) is 0 Å². The lowest BCUT2D eigenvalue weighted by Gasteiger charge is -2.29. The van der Waals surface area contributed by atoms with Crippen LogP contribution in [0.2, 0.25) is 0 Å². The van der Waals surface area contributed by atoms with Crippen LogP contribution in [0.1, 0.15) is 26.2 Å². The van der Waals surface area contributed by atoms with Crippen LogP contribution in [-0.4, -0.2) is 61.2 Å². The topological polar surface area (TPSA) is 55.8 Å². The Morgan fingerprint density at radius 3 is 2.55 bits per heavy atom. The van der Waals surface area contributed by atoms with Gasteiger partial charge in [-0.15, -0.1) is 11.8 Å². The van der Waals surface area contributed by atoms with Crippen LogP contribution in [0.15, 0.2) is 0 Å².